The van der Waals surface area contributed by atoms with Crippen molar-refractivity contribution in [3.63, 3.8) is 0 Å². The third-order valence-electron chi connectivity index (χ3n) is 9.77. The van der Waals surface area contributed by atoms with E-state index in [0.717, 1.165) is 72.7 Å². The summed E-state index contributed by atoms with van der Waals surface area (Å²) in [4.78, 5) is 22.9. The first kappa shape index (κ1) is 34.0. The fraction of sp³-hybridized carbons (Fsp3) is 0.308. The molecule has 0 bridgehead atoms. The summed E-state index contributed by atoms with van der Waals surface area (Å²) in [5.74, 6) is 0.457. The number of piperidine rings is 1. The molecule has 51 heavy (non-hydrogen) atoms. The van der Waals surface area contributed by atoms with Gasteiger partial charge >= 0.3 is 0 Å². The number of aromatic nitrogens is 2. The number of carbonyl (C=O) groups excluding carboxylic acids is 1. The number of imidazole rings is 1. The molecule has 2 aliphatic heterocycles. The zero-order valence-corrected chi connectivity index (χ0v) is 28.6. The zero-order chi connectivity index (χ0) is 35.3. The third kappa shape index (κ3) is 7.65. The maximum Gasteiger partial charge on any atom is 0.257 e. The number of hydrogen-bond donors (Lipinski definition) is 1. The number of likely N-dealkylation sites (N-methyl/N-ethyl adjacent to an activating group) is 1. The predicted octanol–water partition coefficient (Wildman–Crippen LogP) is 7.63. The molecule has 1 saturated heterocycles. The summed E-state index contributed by atoms with van der Waals surface area (Å²) < 4.78 is 35.3. The second-order valence-electron chi connectivity index (χ2n) is 13.1. The second-order valence-corrected chi connectivity index (χ2v) is 13.1. The van der Waals surface area contributed by atoms with Crippen molar-refractivity contribution in [2.45, 2.75) is 37.3 Å². The number of halogens is 2. The summed E-state index contributed by atoms with van der Waals surface area (Å²) in [7, 11) is 3.34. The van der Waals surface area contributed by atoms with E-state index in [1.54, 1.807) is 49.5 Å². The number of carbonyl (C=O) groups is 1. The van der Waals surface area contributed by atoms with Gasteiger partial charge in [0.2, 0.25) is 5.95 Å². The van der Waals surface area contributed by atoms with E-state index in [9.17, 15) is 13.6 Å². The first-order valence-corrected chi connectivity index (χ1v) is 17.2. The van der Waals surface area contributed by atoms with E-state index in [1.165, 1.54) is 24.3 Å². The second kappa shape index (κ2) is 15.2. The van der Waals surface area contributed by atoms with Crippen LogP contribution in [0.15, 0.2) is 106 Å². The van der Waals surface area contributed by atoms with Gasteiger partial charge in [-0.3, -0.25) is 9.36 Å². The molecule has 2 unspecified atom stereocenters. The van der Waals surface area contributed by atoms with E-state index >= 15 is 0 Å². The Morgan fingerprint density at radius 2 is 1.71 bits per heavy atom. The van der Waals surface area contributed by atoms with Crippen molar-refractivity contribution in [2.75, 3.05) is 45.7 Å². The third-order valence-corrected chi connectivity index (χ3v) is 9.77. The number of benzene rings is 4. The molecule has 262 valence electrons. The molecule has 7 rings (SSSR count). The summed E-state index contributed by atoms with van der Waals surface area (Å²) in [5, 5.41) is 15.3. The minimum absolute atomic E-state index is 0.0176. The molecule has 2 atom stereocenters. The Balaban J connectivity index is 1.01. The topological polar surface area (TPSA) is 99.7 Å². The molecule has 3 heterocycles. The first-order valence-electron chi connectivity index (χ1n) is 17.2. The normalized spacial score (nSPS) is 16.8. The number of likely N-dealkylation sites (tertiary alicyclic amines) is 1. The molecule has 12 heteroatoms. The molecule has 0 radical (unpaired) electrons. The lowest BCUT2D eigenvalue weighted by Crippen LogP contribution is -2.40. The molecular formula is C39H40F2N8O2. The summed E-state index contributed by atoms with van der Waals surface area (Å²) in [6, 6.07) is 26.3. The van der Waals surface area contributed by atoms with E-state index in [0.29, 0.717) is 17.9 Å². The molecule has 0 spiro atoms. The molecule has 10 nitrogen and oxygen atoms in total. The van der Waals surface area contributed by atoms with Crippen molar-refractivity contribution < 1.29 is 18.3 Å². The molecular weight excluding hydrogens is 650 g/mol. The van der Waals surface area contributed by atoms with Gasteiger partial charge in [0.05, 0.1) is 29.9 Å². The molecule has 1 fully saturated rings. The smallest absolute Gasteiger partial charge is 0.257 e. The highest BCUT2D eigenvalue weighted by atomic mass is 19.1. The molecule has 1 aromatic heterocycles. The molecule has 5 aromatic rings. The van der Waals surface area contributed by atoms with Gasteiger partial charge in [-0.25, -0.2) is 13.8 Å². The van der Waals surface area contributed by atoms with Gasteiger partial charge < -0.3 is 19.9 Å². The summed E-state index contributed by atoms with van der Waals surface area (Å²) in [6.45, 7) is 3.06. The Bertz CT molecular complexity index is 2030. The fourth-order valence-electron chi connectivity index (χ4n) is 6.95. The Hall–Kier alpha value is -5.49. The maximum atomic E-state index is 13.9. The average molecular weight is 691 g/mol. The van der Waals surface area contributed by atoms with Gasteiger partial charge in [0.1, 0.15) is 23.4 Å². The Labute approximate surface area is 295 Å². The summed E-state index contributed by atoms with van der Waals surface area (Å²) in [6.07, 6.45) is 4.27. The van der Waals surface area contributed by atoms with Gasteiger partial charge in [-0.1, -0.05) is 30.3 Å². The van der Waals surface area contributed by atoms with Crippen molar-refractivity contribution in [3.05, 3.63) is 119 Å². The van der Waals surface area contributed by atoms with Crippen LogP contribution in [-0.2, 0) is 0 Å². The highest BCUT2D eigenvalue weighted by molar-refractivity contribution is 5.97. The van der Waals surface area contributed by atoms with Gasteiger partial charge in [-0.15, -0.1) is 5.10 Å². The van der Waals surface area contributed by atoms with Crippen LogP contribution in [0, 0.1) is 11.6 Å². The van der Waals surface area contributed by atoms with E-state index in [2.05, 4.69) is 25.7 Å². The monoisotopic (exact) mass is 690 g/mol. The maximum absolute atomic E-state index is 13.9. The van der Waals surface area contributed by atoms with Gasteiger partial charge in [0.15, 0.2) is 0 Å². The van der Waals surface area contributed by atoms with Crippen LogP contribution in [0.3, 0.4) is 0 Å². The first-order chi connectivity index (χ1) is 24.9. The van der Waals surface area contributed by atoms with Crippen molar-refractivity contribution in [2.24, 2.45) is 15.4 Å². The Morgan fingerprint density at radius 3 is 2.41 bits per heavy atom. The van der Waals surface area contributed by atoms with Crippen LogP contribution >= 0.6 is 0 Å². The molecule has 0 saturated carbocycles. The predicted molar refractivity (Wildman–Crippen MR) is 194 cm³/mol. The van der Waals surface area contributed by atoms with Crippen molar-refractivity contribution >= 4 is 29.1 Å². The van der Waals surface area contributed by atoms with Gasteiger partial charge in [-0.05, 0) is 103 Å². The van der Waals surface area contributed by atoms with Gasteiger partial charge in [0, 0.05) is 44.3 Å². The van der Waals surface area contributed by atoms with E-state index in [-0.39, 0.29) is 35.5 Å². The largest absolute Gasteiger partial charge is 0.496 e. The van der Waals surface area contributed by atoms with E-state index in [1.807, 2.05) is 47.0 Å². The Kier molecular flexibility index (Phi) is 10.1. The van der Waals surface area contributed by atoms with E-state index in [4.69, 9.17) is 9.72 Å². The van der Waals surface area contributed by atoms with Crippen LogP contribution < -0.4 is 10.1 Å². The number of para-hydroxylation sites is 2. The number of fused-ring (bicyclic) bond motifs is 1. The summed E-state index contributed by atoms with van der Waals surface area (Å²) in [5.41, 5.74) is 4.90. The lowest BCUT2D eigenvalue weighted by atomic mass is 9.93. The summed E-state index contributed by atoms with van der Waals surface area (Å²) >= 11 is 0. The minimum Gasteiger partial charge on any atom is -0.496 e. The fourth-order valence-corrected chi connectivity index (χ4v) is 6.95. The van der Waals surface area contributed by atoms with Crippen LogP contribution in [0.25, 0.3) is 16.7 Å². The van der Waals surface area contributed by atoms with Crippen LogP contribution in [-0.4, -0.2) is 77.9 Å². The highest BCUT2D eigenvalue weighted by Gasteiger charge is 2.26. The van der Waals surface area contributed by atoms with E-state index < -0.39 is 0 Å². The molecule has 0 aliphatic carbocycles. The number of nitrogens with one attached hydrogen (secondary N) is 1. The average Bonchev–Trinajstić information content (AvgIpc) is 3.83. The number of anilines is 1. The lowest BCUT2D eigenvalue weighted by Gasteiger charge is -2.34. The van der Waals surface area contributed by atoms with Crippen molar-refractivity contribution in [3.8, 4) is 11.4 Å². The van der Waals surface area contributed by atoms with Crippen LogP contribution in [0.4, 0.5) is 14.7 Å². The van der Waals surface area contributed by atoms with Crippen LogP contribution in [0.2, 0.25) is 0 Å². The highest BCUT2D eigenvalue weighted by Crippen LogP contribution is 2.30. The number of hydrogen-bond acceptors (Lipinski definition) is 8. The molecule has 2 aliphatic rings. The number of methoxy groups -OCH3 is 1. The minimum atomic E-state index is -0.338. The standard InChI is InChI=1S/C39H40F2N8O2/c1-47(38(50)33-23-27(9-16-37(33)51-2)35-24-42-46-45-35)25-28(26-7-10-29(40)11-8-26)17-20-48-21-18-31(19-22-48)43-39-44-34-5-3-4-6-36(34)49(39)32-14-12-30(41)13-15-32/h3-16,23-24,28,31,35H,17-22,25H2,1-2H3,(H,43,44). The van der Waals surface area contributed by atoms with Crippen molar-refractivity contribution in [1.29, 1.82) is 0 Å². The van der Waals surface area contributed by atoms with Crippen LogP contribution in [0.1, 0.15) is 52.7 Å². The lowest BCUT2D eigenvalue weighted by molar-refractivity contribution is 0.0778. The zero-order valence-electron chi connectivity index (χ0n) is 28.6. The van der Waals surface area contributed by atoms with Gasteiger partial charge in [-0.2, -0.15) is 5.11 Å². The Morgan fingerprint density at radius 1 is 0.980 bits per heavy atom. The number of amides is 1. The van der Waals surface area contributed by atoms with Crippen LogP contribution in [0.5, 0.6) is 5.75 Å². The van der Waals surface area contributed by atoms with Crippen molar-refractivity contribution in [1.82, 2.24) is 19.4 Å². The number of rotatable bonds is 12. The molecule has 1 N–H and O–H groups in total. The number of ether oxygens (including phenoxy) is 1. The van der Waals surface area contributed by atoms with Gasteiger partial charge in [0.25, 0.3) is 5.91 Å². The number of nitrogens with zero attached hydrogens (tertiary/aromatic N) is 7. The quantitative estimate of drug-likeness (QED) is 0.145. The molecule has 4 aromatic carbocycles. The SMILES string of the molecule is COc1ccc(C2C=NN=N2)cc1C(=O)N(C)CC(CCN1CCC(Nc2nc3ccccc3n2-c2ccc(F)cc2)CC1)c1ccc(F)cc1. The molecule has 1 amide bonds.